The van der Waals surface area contributed by atoms with Crippen molar-refractivity contribution in [1.82, 2.24) is 14.8 Å². The van der Waals surface area contributed by atoms with E-state index in [9.17, 15) is 4.79 Å². The van der Waals surface area contributed by atoms with Crippen LogP contribution in [0.1, 0.15) is 42.1 Å². The van der Waals surface area contributed by atoms with E-state index in [4.69, 9.17) is 0 Å². The molecule has 0 atom stereocenters. The van der Waals surface area contributed by atoms with Crippen LogP contribution in [0.5, 0.6) is 0 Å². The maximum atomic E-state index is 13.0. The van der Waals surface area contributed by atoms with Crippen LogP contribution in [0.4, 0.5) is 5.69 Å². The number of carbonyl (C=O) groups is 1. The smallest absolute Gasteiger partial charge is 0.237 e. The van der Waals surface area contributed by atoms with Gasteiger partial charge >= 0.3 is 0 Å². The van der Waals surface area contributed by atoms with Crippen molar-refractivity contribution in [3.05, 3.63) is 71.5 Å². The lowest BCUT2D eigenvalue weighted by Crippen LogP contribution is -2.36. The number of aromatic nitrogens is 3. The van der Waals surface area contributed by atoms with Crippen molar-refractivity contribution in [2.24, 2.45) is 0 Å². The molecule has 0 N–H and O–H groups in total. The maximum absolute atomic E-state index is 13.0. The first-order chi connectivity index (χ1) is 14.3. The Hall–Kier alpha value is -2.60. The van der Waals surface area contributed by atoms with E-state index >= 15 is 0 Å². The van der Waals surface area contributed by atoms with Crippen LogP contribution in [0, 0.1) is 0 Å². The van der Waals surface area contributed by atoms with Gasteiger partial charge in [-0.25, -0.2) is 0 Å². The third-order valence-corrected chi connectivity index (χ3v) is 6.56. The highest BCUT2D eigenvalue weighted by Crippen LogP contribution is 2.40. The van der Waals surface area contributed by atoms with Crippen molar-refractivity contribution in [3.63, 3.8) is 0 Å². The minimum absolute atomic E-state index is 0.143. The van der Waals surface area contributed by atoms with Crippen LogP contribution >= 0.6 is 11.8 Å². The Balaban J connectivity index is 1.33. The Bertz CT molecular complexity index is 1010. The number of carbonyl (C=O) groups excluding carboxylic acids is 1. The molecule has 1 aromatic heterocycles. The second-order valence-electron chi connectivity index (χ2n) is 7.75. The fourth-order valence-corrected chi connectivity index (χ4v) is 4.78. The highest BCUT2D eigenvalue weighted by Gasteiger charge is 2.31. The van der Waals surface area contributed by atoms with Crippen molar-refractivity contribution in [2.45, 2.75) is 43.3 Å². The van der Waals surface area contributed by atoms with E-state index in [0.29, 0.717) is 11.7 Å². The molecule has 29 heavy (non-hydrogen) atoms. The average Bonchev–Trinajstić information content (AvgIpc) is 3.54. The van der Waals surface area contributed by atoms with Gasteiger partial charge in [-0.3, -0.25) is 4.79 Å². The monoisotopic (exact) mass is 404 g/mol. The second kappa shape index (κ2) is 8.03. The van der Waals surface area contributed by atoms with Crippen LogP contribution in [0.25, 0.3) is 0 Å². The Morgan fingerprint density at radius 2 is 1.83 bits per heavy atom. The van der Waals surface area contributed by atoms with Gasteiger partial charge in [-0.05, 0) is 42.9 Å². The standard InChI is InChI=1S/C23H24N4OS/c28-21(26-14-6-10-18-9-4-5-11-20(18)26)16-29-23-25-24-22(19-12-13-19)27(23)15-17-7-2-1-3-8-17/h1-5,7-9,11,19H,6,10,12-16H2. The Labute approximate surface area is 175 Å². The van der Waals surface area contributed by atoms with Crippen molar-refractivity contribution < 1.29 is 4.79 Å². The van der Waals surface area contributed by atoms with Gasteiger partial charge in [0, 0.05) is 18.2 Å². The van der Waals surface area contributed by atoms with Crippen molar-refractivity contribution in [1.29, 1.82) is 0 Å². The molecule has 5 rings (SSSR count). The zero-order valence-electron chi connectivity index (χ0n) is 16.3. The first-order valence-corrected chi connectivity index (χ1v) is 11.3. The van der Waals surface area contributed by atoms with Gasteiger partial charge in [0.1, 0.15) is 5.82 Å². The van der Waals surface area contributed by atoms with E-state index < -0.39 is 0 Å². The van der Waals surface area contributed by atoms with Gasteiger partial charge in [-0.2, -0.15) is 0 Å². The number of hydrogen-bond acceptors (Lipinski definition) is 4. The molecule has 1 aliphatic carbocycles. The highest BCUT2D eigenvalue weighted by molar-refractivity contribution is 7.99. The van der Waals surface area contributed by atoms with E-state index in [1.54, 1.807) is 0 Å². The lowest BCUT2D eigenvalue weighted by molar-refractivity contribution is -0.116. The van der Waals surface area contributed by atoms with Crippen molar-refractivity contribution in [3.8, 4) is 0 Å². The summed E-state index contributed by atoms with van der Waals surface area (Å²) in [4.78, 5) is 14.9. The van der Waals surface area contributed by atoms with Gasteiger partial charge < -0.3 is 9.47 Å². The third-order valence-electron chi connectivity index (χ3n) is 5.61. The van der Waals surface area contributed by atoms with Crippen molar-refractivity contribution >= 4 is 23.4 Å². The molecule has 0 spiro atoms. The third kappa shape index (κ3) is 3.94. The molecule has 3 aromatic rings. The summed E-state index contributed by atoms with van der Waals surface area (Å²) in [5, 5.41) is 9.75. The maximum Gasteiger partial charge on any atom is 0.237 e. The predicted octanol–water partition coefficient (Wildman–Crippen LogP) is 4.28. The molecule has 0 bridgehead atoms. The number of nitrogens with zero attached hydrogens (tertiary/aromatic N) is 4. The molecule has 148 valence electrons. The van der Waals surface area contributed by atoms with E-state index in [1.807, 2.05) is 23.1 Å². The summed E-state index contributed by atoms with van der Waals surface area (Å²) in [5.74, 6) is 2.10. The Kier molecular flexibility index (Phi) is 5.10. The lowest BCUT2D eigenvalue weighted by Gasteiger charge is -2.29. The summed E-state index contributed by atoms with van der Waals surface area (Å²) in [6.45, 7) is 1.54. The van der Waals surface area contributed by atoms with Gasteiger partial charge in [0.05, 0.1) is 12.3 Å². The zero-order chi connectivity index (χ0) is 19.6. The molecule has 0 radical (unpaired) electrons. The number of benzene rings is 2. The number of thioether (sulfide) groups is 1. The van der Waals surface area contributed by atoms with Crippen LogP contribution in [0.15, 0.2) is 59.8 Å². The predicted molar refractivity (Wildman–Crippen MR) is 115 cm³/mol. The summed E-state index contributed by atoms with van der Waals surface area (Å²) in [6.07, 6.45) is 4.43. The summed E-state index contributed by atoms with van der Waals surface area (Å²) in [5.41, 5.74) is 3.56. The van der Waals surface area contributed by atoms with Gasteiger partial charge in [-0.15, -0.1) is 10.2 Å². The number of anilines is 1. The molecular formula is C23H24N4OS. The molecule has 6 heteroatoms. The van der Waals surface area contributed by atoms with Crippen LogP contribution in [0.3, 0.4) is 0 Å². The lowest BCUT2D eigenvalue weighted by atomic mass is 10.0. The molecule has 5 nitrogen and oxygen atoms in total. The largest absolute Gasteiger partial charge is 0.311 e. The number of rotatable bonds is 6. The number of para-hydroxylation sites is 1. The first-order valence-electron chi connectivity index (χ1n) is 10.3. The molecule has 1 amide bonds. The number of aryl methyl sites for hydroxylation is 1. The van der Waals surface area contributed by atoms with E-state index in [1.165, 1.54) is 35.7 Å². The van der Waals surface area contributed by atoms with Gasteiger partial charge in [0.25, 0.3) is 0 Å². The Morgan fingerprint density at radius 3 is 2.66 bits per heavy atom. The fourth-order valence-electron chi connectivity index (χ4n) is 3.96. The van der Waals surface area contributed by atoms with Crippen LogP contribution < -0.4 is 4.90 Å². The van der Waals surface area contributed by atoms with E-state index in [-0.39, 0.29) is 5.91 Å². The van der Waals surface area contributed by atoms with E-state index in [2.05, 4.69) is 51.2 Å². The topological polar surface area (TPSA) is 51.0 Å². The quantitative estimate of drug-likeness (QED) is 0.576. The van der Waals surface area contributed by atoms with Crippen LogP contribution in [0.2, 0.25) is 0 Å². The average molecular weight is 405 g/mol. The SMILES string of the molecule is O=C(CSc1nnc(C2CC2)n1Cc1ccccc1)N1CCCc2ccccc21. The minimum atomic E-state index is 0.143. The highest BCUT2D eigenvalue weighted by atomic mass is 32.2. The number of amides is 1. The summed E-state index contributed by atoms with van der Waals surface area (Å²) in [7, 11) is 0. The molecule has 1 aliphatic heterocycles. The summed E-state index contributed by atoms with van der Waals surface area (Å²) in [6, 6.07) is 18.6. The van der Waals surface area contributed by atoms with Crippen molar-refractivity contribution in [2.75, 3.05) is 17.2 Å². The zero-order valence-corrected chi connectivity index (χ0v) is 17.1. The fraction of sp³-hybridized carbons (Fsp3) is 0.348. The molecule has 2 aromatic carbocycles. The molecular weight excluding hydrogens is 380 g/mol. The molecule has 1 fully saturated rings. The summed E-state index contributed by atoms with van der Waals surface area (Å²) >= 11 is 1.51. The van der Waals surface area contributed by atoms with Gasteiger partial charge in [0.2, 0.25) is 5.91 Å². The molecule has 0 saturated heterocycles. The number of hydrogen-bond donors (Lipinski definition) is 0. The van der Waals surface area contributed by atoms with Crippen LogP contribution in [-0.4, -0.2) is 33.0 Å². The summed E-state index contributed by atoms with van der Waals surface area (Å²) < 4.78 is 2.20. The first kappa shape index (κ1) is 18.4. The molecule has 1 saturated carbocycles. The second-order valence-corrected chi connectivity index (χ2v) is 8.70. The Morgan fingerprint density at radius 1 is 1.03 bits per heavy atom. The molecule has 0 unspecified atom stereocenters. The van der Waals surface area contributed by atoms with Gasteiger partial charge in [0.15, 0.2) is 5.16 Å². The van der Waals surface area contributed by atoms with E-state index in [0.717, 1.165) is 42.6 Å². The molecule has 2 aliphatic rings. The van der Waals surface area contributed by atoms with Gasteiger partial charge in [-0.1, -0.05) is 60.3 Å². The molecule has 2 heterocycles. The normalized spacial score (nSPS) is 15.9. The number of fused-ring (bicyclic) bond motifs is 1. The minimum Gasteiger partial charge on any atom is -0.311 e. The van der Waals surface area contributed by atoms with Crippen LogP contribution in [-0.2, 0) is 17.8 Å².